The average Bonchev–Trinajstić information content (AvgIpc) is 3.20. The van der Waals surface area contributed by atoms with Gasteiger partial charge in [-0.15, -0.1) is 0 Å². The lowest BCUT2D eigenvalue weighted by Gasteiger charge is -2.28. The Morgan fingerprint density at radius 1 is 1.07 bits per heavy atom. The van der Waals surface area contributed by atoms with Gasteiger partial charge in [-0.1, -0.05) is 41.5 Å². The number of anilines is 1. The average molecular weight is 377 g/mol. The Balaban J connectivity index is 1.88. The zero-order chi connectivity index (χ0) is 19.7. The number of aromatic nitrogens is 4. The lowest BCUT2D eigenvalue weighted by Crippen LogP contribution is -2.28. The van der Waals surface area contributed by atoms with Crippen molar-refractivity contribution in [1.82, 2.24) is 20.2 Å². The highest BCUT2D eigenvalue weighted by Crippen LogP contribution is 2.39. The number of fused-ring (bicyclic) bond motifs is 1. The monoisotopic (exact) mass is 377 g/mol. The smallest absolute Gasteiger partial charge is 0.248 e. The first-order valence-corrected chi connectivity index (χ1v) is 8.71. The lowest BCUT2D eigenvalue weighted by molar-refractivity contribution is 0.102. The molecule has 8 nitrogen and oxygen atoms in total. The van der Waals surface area contributed by atoms with Crippen molar-refractivity contribution in [3.63, 3.8) is 0 Å². The number of hydrogen-bond donors (Lipinski definition) is 1. The summed E-state index contributed by atoms with van der Waals surface area (Å²) in [7, 11) is 3.15. The molecule has 1 N–H and O–H groups in total. The van der Waals surface area contributed by atoms with Crippen LogP contribution in [0.15, 0.2) is 59.8 Å². The van der Waals surface area contributed by atoms with Crippen molar-refractivity contribution in [1.29, 1.82) is 0 Å². The second-order valence-corrected chi connectivity index (χ2v) is 6.32. The van der Waals surface area contributed by atoms with Gasteiger partial charge in [0.15, 0.2) is 17.3 Å². The molecule has 8 heteroatoms. The number of ketones is 1. The molecule has 0 fully saturated rings. The van der Waals surface area contributed by atoms with E-state index in [0.29, 0.717) is 34.3 Å². The van der Waals surface area contributed by atoms with E-state index < -0.39 is 6.04 Å². The van der Waals surface area contributed by atoms with Gasteiger partial charge in [-0.25, -0.2) is 0 Å². The Morgan fingerprint density at radius 2 is 1.82 bits per heavy atom. The van der Waals surface area contributed by atoms with Crippen LogP contribution in [0, 0.1) is 0 Å². The SMILES string of the molecule is COc1ccc(C2C(C(=O)c3ccccc3)=C(C)Nc3nnnn32)cc1OC. The van der Waals surface area contributed by atoms with Gasteiger partial charge in [0.25, 0.3) is 0 Å². The molecular weight excluding hydrogens is 358 g/mol. The number of carbonyl (C=O) groups excluding carboxylic acids is 1. The summed E-state index contributed by atoms with van der Waals surface area (Å²) in [6.07, 6.45) is 0. The van der Waals surface area contributed by atoms with Gasteiger partial charge in [-0.05, 0) is 35.0 Å². The van der Waals surface area contributed by atoms with Gasteiger partial charge < -0.3 is 14.8 Å². The third kappa shape index (κ3) is 2.88. The van der Waals surface area contributed by atoms with Crippen molar-refractivity contribution in [3.8, 4) is 11.5 Å². The molecule has 0 bridgehead atoms. The first-order chi connectivity index (χ1) is 13.6. The Labute approximate surface area is 161 Å². The number of carbonyl (C=O) groups is 1. The zero-order valence-electron chi connectivity index (χ0n) is 15.7. The molecule has 4 rings (SSSR count). The summed E-state index contributed by atoms with van der Waals surface area (Å²) < 4.78 is 12.4. The molecule has 1 aromatic heterocycles. The van der Waals surface area contributed by atoms with E-state index in [1.54, 1.807) is 37.1 Å². The largest absolute Gasteiger partial charge is 0.493 e. The minimum atomic E-state index is -0.501. The number of Topliss-reactive ketones (excluding diaryl/α,β-unsaturated/α-hetero) is 1. The Morgan fingerprint density at radius 3 is 2.54 bits per heavy atom. The molecule has 3 aromatic rings. The summed E-state index contributed by atoms with van der Waals surface area (Å²) in [6, 6.07) is 14.2. The third-order valence-electron chi connectivity index (χ3n) is 4.72. The number of nitrogens with one attached hydrogen (secondary N) is 1. The number of ether oxygens (including phenoxy) is 2. The highest BCUT2D eigenvalue weighted by atomic mass is 16.5. The van der Waals surface area contributed by atoms with Crippen molar-refractivity contribution in [3.05, 3.63) is 70.9 Å². The molecule has 142 valence electrons. The maximum Gasteiger partial charge on any atom is 0.248 e. The molecule has 1 aliphatic heterocycles. The molecule has 1 aliphatic rings. The molecule has 0 spiro atoms. The fourth-order valence-electron chi connectivity index (χ4n) is 3.38. The lowest BCUT2D eigenvalue weighted by atomic mass is 9.89. The molecular formula is C20H19N5O3. The highest BCUT2D eigenvalue weighted by molar-refractivity contribution is 6.10. The number of rotatable bonds is 5. The molecule has 2 aromatic carbocycles. The second-order valence-electron chi connectivity index (χ2n) is 6.32. The Kier molecular flexibility index (Phi) is 4.52. The quantitative estimate of drug-likeness (QED) is 0.684. The molecule has 0 aliphatic carbocycles. The van der Waals surface area contributed by atoms with Crippen LogP contribution in [0.1, 0.15) is 28.9 Å². The molecule has 0 saturated heterocycles. The number of hydrogen-bond acceptors (Lipinski definition) is 7. The first kappa shape index (κ1) is 17.7. The van der Waals surface area contributed by atoms with Crippen LogP contribution in [0.3, 0.4) is 0 Å². The Bertz CT molecular complexity index is 1060. The van der Waals surface area contributed by atoms with E-state index >= 15 is 0 Å². The van der Waals surface area contributed by atoms with Crippen LogP contribution >= 0.6 is 0 Å². The molecule has 1 atom stereocenters. The molecule has 0 saturated carbocycles. The summed E-state index contributed by atoms with van der Waals surface area (Å²) in [4.78, 5) is 13.4. The summed E-state index contributed by atoms with van der Waals surface area (Å²) in [5, 5.41) is 15.0. The molecule has 0 amide bonds. The van der Waals surface area contributed by atoms with Crippen LogP contribution in [0.2, 0.25) is 0 Å². The van der Waals surface area contributed by atoms with Gasteiger partial charge >= 0.3 is 0 Å². The Hall–Kier alpha value is -3.68. The zero-order valence-corrected chi connectivity index (χ0v) is 15.7. The van der Waals surface area contributed by atoms with Crippen LogP contribution in [-0.2, 0) is 0 Å². The van der Waals surface area contributed by atoms with Crippen molar-refractivity contribution >= 4 is 11.7 Å². The fourth-order valence-corrected chi connectivity index (χ4v) is 3.38. The first-order valence-electron chi connectivity index (χ1n) is 8.71. The number of nitrogens with zero attached hydrogens (tertiary/aromatic N) is 4. The van der Waals surface area contributed by atoms with Gasteiger partial charge in [-0.2, -0.15) is 4.68 Å². The predicted molar refractivity (Wildman–Crippen MR) is 103 cm³/mol. The molecule has 1 unspecified atom stereocenters. The van der Waals surface area contributed by atoms with Crippen LogP contribution < -0.4 is 14.8 Å². The number of tetrazole rings is 1. The van der Waals surface area contributed by atoms with Gasteiger partial charge in [0.1, 0.15) is 6.04 Å². The second kappa shape index (κ2) is 7.15. The third-order valence-corrected chi connectivity index (χ3v) is 4.72. The number of benzene rings is 2. The van der Waals surface area contributed by atoms with Crippen LogP contribution in [-0.4, -0.2) is 40.2 Å². The van der Waals surface area contributed by atoms with Gasteiger partial charge in [0.05, 0.1) is 14.2 Å². The minimum Gasteiger partial charge on any atom is -0.493 e. The van der Waals surface area contributed by atoms with Crippen molar-refractivity contribution < 1.29 is 14.3 Å². The van der Waals surface area contributed by atoms with Gasteiger partial charge in [0.2, 0.25) is 5.95 Å². The normalized spacial score (nSPS) is 15.6. The topological polar surface area (TPSA) is 91.2 Å². The van der Waals surface area contributed by atoms with Crippen LogP contribution in [0.25, 0.3) is 0 Å². The molecule has 2 heterocycles. The van der Waals surface area contributed by atoms with E-state index in [2.05, 4.69) is 20.8 Å². The summed E-state index contributed by atoms with van der Waals surface area (Å²) in [5.74, 6) is 1.56. The van der Waals surface area contributed by atoms with Crippen molar-refractivity contribution in [2.75, 3.05) is 19.5 Å². The van der Waals surface area contributed by atoms with E-state index in [4.69, 9.17) is 9.47 Å². The minimum absolute atomic E-state index is 0.0912. The van der Waals surface area contributed by atoms with E-state index in [-0.39, 0.29) is 5.78 Å². The van der Waals surface area contributed by atoms with Crippen molar-refractivity contribution in [2.45, 2.75) is 13.0 Å². The highest BCUT2D eigenvalue weighted by Gasteiger charge is 2.34. The number of methoxy groups -OCH3 is 2. The van der Waals surface area contributed by atoms with Crippen molar-refractivity contribution in [2.24, 2.45) is 0 Å². The fraction of sp³-hybridized carbons (Fsp3) is 0.200. The number of allylic oxidation sites excluding steroid dienone is 2. The van der Waals surface area contributed by atoms with Gasteiger partial charge in [-0.3, -0.25) is 4.79 Å². The van der Waals surface area contributed by atoms with Crippen LogP contribution in [0.5, 0.6) is 11.5 Å². The predicted octanol–water partition coefficient (Wildman–Crippen LogP) is 2.86. The van der Waals surface area contributed by atoms with E-state index in [0.717, 1.165) is 5.56 Å². The summed E-state index contributed by atoms with van der Waals surface area (Å²) in [6.45, 7) is 1.85. The van der Waals surface area contributed by atoms with E-state index in [1.165, 1.54) is 0 Å². The summed E-state index contributed by atoms with van der Waals surface area (Å²) in [5.41, 5.74) is 2.68. The molecule has 0 radical (unpaired) electrons. The van der Waals surface area contributed by atoms with Gasteiger partial charge in [0, 0.05) is 16.8 Å². The summed E-state index contributed by atoms with van der Waals surface area (Å²) >= 11 is 0. The van der Waals surface area contributed by atoms with Crippen LogP contribution in [0.4, 0.5) is 5.95 Å². The maximum atomic E-state index is 13.4. The standard InChI is InChI=1S/C20H19N5O3/c1-12-17(19(26)13-7-5-4-6-8-13)18(25-20(21-12)22-23-24-25)14-9-10-15(27-2)16(11-14)28-3/h4-11,18H,1-3H3,(H,21,22,24). The van der Waals surface area contributed by atoms with E-state index in [9.17, 15) is 4.79 Å². The van der Waals surface area contributed by atoms with E-state index in [1.807, 2.05) is 37.3 Å². The molecule has 28 heavy (non-hydrogen) atoms. The maximum absolute atomic E-state index is 13.4.